The van der Waals surface area contributed by atoms with Gasteiger partial charge in [0.15, 0.2) is 0 Å². The van der Waals surface area contributed by atoms with Gasteiger partial charge in [-0.15, -0.1) is 0 Å². The number of urea groups is 1. The highest BCUT2D eigenvalue weighted by Gasteiger charge is 2.21. The zero-order valence-electron chi connectivity index (χ0n) is 14.7. The van der Waals surface area contributed by atoms with Crippen LogP contribution in [0, 0.1) is 5.92 Å². The summed E-state index contributed by atoms with van der Waals surface area (Å²) in [5, 5.41) is 16.9. The molecule has 1 aromatic heterocycles. The molecule has 0 fully saturated rings. The van der Waals surface area contributed by atoms with E-state index >= 15 is 0 Å². The minimum Gasteiger partial charge on any atom is -0.388 e. The van der Waals surface area contributed by atoms with E-state index in [1.54, 1.807) is 13.1 Å². The van der Waals surface area contributed by atoms with Crippen molar-refractivity contribution in [2.24, 2.45) is 5.92 Å². The molecule has 0 aliphatic heterocycles. The average Bonchev–Trinajstić information content (AvgIpc) is 2.56. The van der Waals surface area contributed by atoms with Gasteiger partial charge >= 0.3 is 6.03 Å². The highest BCUT2D eigenvalue weighted by atomic mass is 16.3. The molecular weight excluding hydrogens is 302 g/mol. The van der Waals surface area contributed by atoms with Gasteiger partial charge in [-0.3, -0.25) is 4.98 Å². The molecule has 0 saturated carbocycles. The molecule has 2 amide bonds. The summed E-state index contributed by atoms with van der Waals surface area (Å²) >= 11 is 0. The number of carbonyl (C=O) groups is 1. The van der Waals surface area contributed by atoms with E-state index in [9.17, 15) is 9.90 Å². The van der Waals surface area contributed by atoms with Crippen LogP contribution < -0.4 is 10.6 Å². The highest BCUT2D eigenvalue weighted by molar-refractivity contribution is 5.82. The van der Waals surface area contributed by atoms with Gasteiger partial charge in [0.1, 0.15) is 0 Å². The Kier molecular flexibility index (Phi) is 6.15. The van der Waals surface area contributed by atoms with Gasteiger partial charge in [0.25, 0.3) is 0 Å². The molecule has 0 aliphatic rings. The van der Waals surface area contributed by atoms with Crippen molar-refractivity contribution in [3.63, 3.8) is 0 Å². The van der Waals surface area contributed by atoms with Gasteiger partial charge in [-0.25, -0.2) is 4.79 Å². The molecule has 24 heavy (non-hydrogen) atoms. The van der Waals surface area contributed by atoms with Crippen LogP contribution in [-0.2, 0) is 6.54 Å². The highest BCUT2D eigenvalue weighted by Crippen LogP contribution is 2.16. The fraction of sp³-hybridized carbons (Fsp3) is 0.474. The minimum atomic E-state index is -0.886. The van der Waals surface area contributed by atoms with Gasteiger partial charge in [0.2, 0.25) is 0 Å². The lowest BCUT2D eigenvalue weighted by molar-refractivity contribution is 0.0476. The van der Waals surface area contributed by atoms with Crippen molar-refractivity contribution < 1.29 is 9.90 Å². The Hall–Kier alpha value is -2.14. The number of amides is 2. The number of nitrogens with zero attached hydrogens (tertiary/aromatic N) is 1. The SMILES string of the molecule is CC(C)CCC(C)(O)CNC(=O)NCc1cccc2cccnc12. The van der Waals surface area contributed by atoms with E-state index in [0.29, 0.717) is 18.9 Å². The monoisotopic (exact) mass is 329 g/mol. The summed E-state index contributed by atoms with van der Waals surface area (Å²) < 4.78 is 0. The molecule has 1 unspecified atom stereocenters. The first-order valence-corrected chi connectivity index (χ1v) is 8.44. The second-order valence-corrected chi connectivity index (χ2v) is 6.96. The number of pyridine rings is 1. The largest absolute Gasteiger partial charge is 0.388 e. The Bertz CT molecular complexity index is 678. The molecule has 1 atom stereocenters. The molecule has 0 spiro atoms. The van der Waals surface area contributed by atoms with Crippen molar-refractivity contribution in [2.45, 2.75) is 45.8 Å². The number of hydrogen-bond acceptors (Lipinski definition) is 3. The topological polar surface area (TPSA) is 74.2 Å². The van der Waals surface area contributed by atoms with Crippen LogP contribution in [0.4, 0.5) is 4.79 Å². The summed E-state index contributed by atoms with van der Waals surface area (Å²) in [6, 6.07) is 9.51. The van der Waals surface area contributed by atoms with Gasteiger partial charge < -0.3 is 15.7 Å². The number of aliphatic hydroxyl groups is 1. The van der Waals surface area contributed by atoms with Crippen molar-refractivity contribution in [3.05, 3.63) is 42.1 Å². The first-order chi connectivity index (χ1) is 11.4. The van der Waals surface area contributed by atoms with Gasteiger partial charge in [-0.05, 0) is 37.3 Å². The first kappa shape index (κ1) is 18.2. The molecule has 5 heteroatoms. The predicted molar refractivity (Wildman–Crippen MR) is 96.7 cm³/mol. The van der Waals surface area contributed by atoms with Crippen LogP contribution >= 0.6 is 0 Å². The normalized spacial score (nSPS) is 13.7. The van der Waals surface area contributed by atoms with E-state index in [1.807, 2.05) is 30.3 Å². The second-order valence-electron chi connectivity index (χ2n) is 6.96. The lowest BCUT2D eigenvalue weighted by Crippen LogP contribution is -2.44. The van der Waals surface area contributed by atoms with Crippen molar-refractivity contribution in [1.29, 1.82) is 0 Å². The van der Waals surface area contributed by atoms with E-state index in [4.69, 9.17) is 0 Å². The maximum atomic E-state index is 12.0. The molecule has 1 heterocycles. The fourth-order valence-electron chi connectivity index (χ4n) is 2.51. The van der Waals surface area contributed by atoms with Crippen LogP contribution in [0.15, 0.2) is 36.5 Å². The Morgan fingerprint density at radius 1 is 1.25 bits per heavy atom. The van der Waals surface area contributed by atoms with Crippen LogP contribution in [-0.4, -0.2) is 28.3 Å². The summed E-state index contributed by atoms with van der Waals surface area (Å²) in [7, 11) is 0. The van der Waals surface area contributed by atoms with Gasteiger partial charge in [0.05, 0.1) is 11.1 Å². The Morgan fingerprint density at radius 2 is 2.00 bits per heavy atom. The van der Waals surface area contributed by atoms with Crippen LogP contribution in [0.2, 0.25) is 0 Å². The van der Waals surface area contributed by atoms with E-state index < -0.39 is 5.60 Å². The fourth-order valence-corrected chi connectivity index (χ4v) is 2.51. The molecule has 0 bridgehead atoms. The number of nitrogens with one attached hydrogen (secondary N) is 2. The van der Waals surface area contributed by atoms with Gasteiger partial charge in [-0.1, -0.05) is 38.1 Å². The van der Waals surface area contributed by atoms with Crippen LogP contribution in [0.5, 0.6) is 0 Å². The molecule has 5 nitrogen and oxygen atoms in total. The summed E-state index contributed by atoms with van der Waals surface area (Å²) in [5.74, 6) is 0.532. The number of hydrogen-bond donors (Lipinski definition) is 3. The van der Waals surface area contributed by atoms with E-state index in [2.05, 4.69) is 29.5 Å². The Labute approximate surface area is 143 Å². The minimum absolute atomic E-state index is 0.235. The van der Waals surface area contributed by atoms with Gasteiger partial charge in [0, 0.05) is 24.7 Å². The number of aromatic nitrogens is 1. The Morgan fingerprint density at radius 3 is 2.75 bits per heavy atom. The van der Waals surface area contributed by atoms with Crippen LogP contribution in [0.1, 0.15) is 39.2 Å². The average molecular weight is 329 g/mol. The molecule has 2 aromatic rings. The third-order valence-corrected chi connectivity index (χ3v) is 4.05. The molecule has 1 aromatic carbocycles. The third-order valence-electron chi connectivity index (χ3n) is 4.05. The lowest BCUT2D eigenvalue weighted by atomic mass is 9.95. The van der Waals surface area contributed by atoms with Crippen molar-refractivity contribution in [3.8, 4) is 0 Å². The maximum absolute atomic E-state index is 12.0. The first-order valence-electron chi connectivity index (χ1n) is 8.44. The number of para-hydroxylation sites is 1. The van der Waals surface area contributed by atoms with Crippen LogP contribution in [0.25, 0.3) is 10.9 Å². The van der Waals surface area contributed by atoms with E-state index in [-0.39, 0.29) is 12.6 Å². The molecule has 3 N–H and O–H groups in total. The van der Waals surface area contributed by atoms with Crippen molar-refractivity contribution in [1.82, 2.24) is 15.6 Å². The van der Waals surface area contributed by atoms with Crippen LogP contribution in [0.3, 0.4) is 0 Å². The second kappa shape index (κ2) is 8.11. The Balaban J connectivity index is 1.84. The third kappa shape index (κ3) is 5.49. The smallest absolute Gasteiger partial charge is 0.315 e. The standard InChI is InChI=1S/C19H27N3O2/c1-14(2)9-10-19(3,24)13-22-18(23)21-12-16-7-4-6-15-8-5-11-20-17(15)16/h4-8,11,14,24H,9-10,12-13H2,1-3H3,(H2,21,22,23). The number of benzene rings is 1. The zero-order valence-corrected chi connectivity index (χ0v) is 14.7. The molecule has 0 aliphatic carbocycles. The lowest BCUT2D eigenvalue weighted by Gasteiger charge is -2.24. The zero-order chi connectivity index (χ0) is 17.6. The summed E-state index contributed by atoms with van der Waals surface area (Å²) in [6.07, 6.45) is 3.34. The molecule has 2 rings (SSSR count). The number of fused-ring (bicyclic) bond motifs is 1. The maximum Gasteiger partial charge on any atom is 0.315 e. The summed E-state index contributed by atoms with van der Waals surface area (Å²) in [6.45, 7) is 6.63. The molecular formula is C19H27N3O2. The summed E-state index contributed by atoms with van der Waals surface area (Å²) in [4.78, 5) is 16.4. The van der Waals surface area contributed by atoms with E-state index in [0.717, 1.165) is 22.9 Å². The van der Waals surface area contributed by atoms with Crippen molar-refractivity contribution in [2.75, 3.05) is 6.54 Å². The molecule has 130 valence electrons. The quantitative estimate of drug-likeness (QED) is 0.730. The molecule has 0 saturated heterocycles. The predicted octanol–water partition coefficient (Wildman–Crippen LogP) is 3.22. The van der Waals surface area contributed by atoms with Crippen molar-refractivity contribution >= 4 is 16.9 Å². The number of rotatable bonds is 7. The van der Waals surface area contributed by atoms with Gasteiger partial charge in [-0.2, -0.15) is 0 Å². The molecule has 0 radical (unpaired) electrons. The van der Waals surface area contributed by atoms with E-state index in [1.165, 1.54) is 0 Å². The number of carbonyl (C=O) groups excluding carboxylic acids is 1. The summed E-state index contributed by atoms with van der Waals surface area (Å²) in [5.41, 5.74) is 0.974.